The predicted molar refractivity (Wildman–Crippen MR) is 172 cm³/mol. The molecule has 2 aromatic carbocycles. The Bertz CT molecular complexity index is 1540. The summed E-state index contributed by atoms with van der Waals surface area (Å²) in [6, 6.07) is 11.8. The van der Waals surface area contributed by atoms with Crippen molar-refractivity contribution >= 4 is 22.2 Å². The first-order chi connectivity index (χ1) is 22.8. The maximum absolute atomic E-state index is 14.4. The lowest BCUT2D eigenvalue weighted by Gasteiger charge is -2.40. The second-order valence-electron chi connectivity index (χ2n) is 13.3. The number of amides is 2. The summed E-state index contributed by atoms with van der Waals surface area (Å²) >= 11 is 0. The van der Waals surface area contributed by atoms with Gasteiger partial charge in [0.1, 0.15) is 0 Å². The number of aliphatic hydroxyl groups is 1. The summed E-state index contributed by atoms with van der Waals surface area (Å²) in [5.74, 6) is 0.473. The minimum atomic E-state index is -4.28. The number of carbonyl (C=O) groups excluding carboxylic acids is 1. The summed E-state index contributed by atoms with van der Waals surface area (Å²) in [5.41, 5.74) is 0.0457. The first kappa shape index (κ1) is 35.7. The Hall–Kier alpha value is -3.63. The molecule has 0 aliphatic carbocycles. The SMILES string of the molecule is CN(C)C(=O)OCCC(C)(C)CN(C[C@@H](O)[C@H](Cc1ccccc1)N(C(=O)O)[C@H]1CO[C@H]2OCC[C@H]21)S(=O)(=O)c1ccc2c(c1)OCO2. The number of carboxylic acid groups (broad SMARTS) is 1. The van der Waals surface area contributed by atoms with E-state index in [0.29, 0.717) is 25.2 Å². The molecule has 2 saturated heterocycles. The normalized spacial score (nSPS) is 21.5. The molecular formula is C33H45N3O11S. The Labute approximate surface area is 281 Å². The van der Waals surface area contributed by atoms with Gasteiger partial charge in [-0.1, -0.05) is 44.2 Å². The predicted octanol–water partition coefficient (Wildman–Crippen LogP) is 3.23. The van der Waals surface area contributed by atoms with Crippen LogP contribution >= 0.6 is 0 Å². The van der Waals surface area contributed by atoms with Crippen molar-refractivity contribution in [2.75, 3.05) is 53.8 Å². The second-order valence-corrected chi connectivity index (χ2v) is 15.3. The van der Waals surface area contributed by atoms with E-state index < -0.39 is 58.6 Å². The fourth-order valence-electron chi connectivity index (χ4n) is 6.40. The molecular weight excluding hydrogens is 646 g/mol. The van der Waals surface area contributed by atoms with E-state index in [9.17, 15) is 28.2 Å². The van der Waals surface area contributed by atoms with Gasteiger partial charge in [-0.25, -0.2) is 18.0 Å². The molecule has 3 heterocycles. The lowest BCUT2D eigenvalue weighted by Crippen LogP contribution is -2.58. The van der Waals surface area contributed by atoms with Crippen LogP contribution in [0.3, 0.4) is 0 Å². The molecule has 15 heteroatoms. The zero-order chi connectivity index (χ0) is 34.6. The Morgan fingerprint density at radius 3 is 2.50 bits per heavy atom. The lowest BCUT2D eigenvalue weighted by atomic mass is 9.89. The Balaban J connectivity index is 1.47. The van der Waals surface area contributed by atoms with Gasteiger partial charge in [0.2, 0.25) is 16.8 Å². The van der Waals surface area contributed by atoms with E-state index in [1.807, 2.05) is 44.2 Å². The van der Waals surface area contributed by atoms with Crippen LogP contribution in [0.5, 0.6) is 11.5 Å². The van der Waals surface area contributed by atoms with E-state index in [2.05, 4.69) is 0 Å². The van der Waals surface area contributed by atoms with Crippen molar-refractivity contribution in [3.8, 4) is 11.5 Å². The van der Waals surface area contributed by atoms with Crippen molar-refractivity contribution in [3.63, 3.8) is 0 Å². The van der Waals surface area contributed by atoms with E-state index >= 15 is 0 Å². The van der Waals surface area contributed by atoms with Crippen LogP contribution in [0.1, 0.15) is 32.3 Å². The van der Waals surface area contributed by atoms with Crippen LogP contribution in [0.15, 0.2) is 53.4 Å². The van der Waals surface area contributed by atoms with Crippen LogP contribution in [-0.4, -0.2) is 123 Å². The Morgan fingerprint density at radius 2 is 1.79 bits per heavy atom. The summed E-state index contributed by atoms with van der Waals surface area (Å²) in [4.78, 5) is 27.5. The molecule has 0 radical (unpaired) electrons. The third-order valence-electron chi connectivity index (χ3n) is 9.02. The molecule has 2 fully saturated rings. The number of aliphatic hydroxyl groups excluding tert-OH is 1. The van der Waals surface area contributed by atoms with Crippen LogP contribution in [0.4, 0.5) is 9.59 Å². The number of rotatable bonds is 14. The van der Waals surface area contributed by atoms with Gasteiger partial charge >= 0.3 is 12.2 Å². The highest BCUT2D eigenvalue weighted by Gasteiger charge is 2.49. The Kier molecular flexibility index (Phi) is 11.0. The van der Waals surface area contributed by atoms with Crippen molar-refractivity contribution in [2.24, 2.45) is 11.3 Å². The van der Waals surface area contributed by atoms with E-state index in [-0.39, 0.29) is 49.5 Å². The average molecular weight is 692 g/mol. The van der Waals surface area contributed by atoms with E-state index in [4.69, 9.17) is 23.7 Å². The zero-order valence-electron chi connectivity index (χ0n) is 27.7. The van der Waals surface area contributed by atoms with Gasteiger partial charge in [-0.3, -0.25) is 4.90 Å². The average Bonchev–Trinajstić information content (AvgIpc) is 3.79. The van der Waals surface area contributed by atoms with Crippen LogP contribution in [-0.2, 0) is 30.7 Å². The molecule has 264 valence electrons. The largest absolute Gasteiger partial charge is 0.465 e. The fraction of sp³-hybridized carbons (Fsp3) is 0.576. The third kappa shape index (κ3) is 8.14. The van der Waals surface area contributed by atoms with E-state index in [1.165, 1.54) is 32.3 Å². The summed E-state index contributed by atoms with van der Waals surface area (Å²) < 4.78 is 57.5. The van der Waals surface area contributed by atoms with E-state index in [0.717, 1.165) is 5.56 Å². The van der Waals surface area contributed by atoms with Gasteiger partial charge in [-0.15, -0.1) is 0 Å². The van der Waals surface area contributed by atoms with Crippen molar-refractivity contribution in [1.29, 1.82) is 0 Å². The number of hydrogen-bond donors (Lipinski definition) is 2. The number of sulfonamides is 1. The topological polar surface area (TPSA) is 165 Å². The highest BCUT2D eigenvalue weighted by molar-refractivity contribution is 7.89. The first-order valence-electron chi connectivity index (χ1n) is 16.0. The molecule has 0 saturated carbocycles. The lowest BCUT2D eigenvalue weighted by molar-refractivity contribution is -0.0906. The molecule has 0 aromatic heterocycles. The van der Waals surface area contributed by atoms with Crippen molar-refractivity contribution in [1.82, 2.24) is 14.1 Å². The standard InChI is InChI=1S/C33H45N3O11S/c1-33(2,13-15-44-32(40)34(3)4)20-35(48(41,42)23-10-11-28-29(17-23)47-21-46-28)18-27(37)25(16-22-8-6-5-7-9-22)36(31(38)39)26-19-45-30-24(26)12-14-43-30/h5-11,17,24-27,30,37H,12-16,18-21H2,1-4H3,(H,38,39)/t24-,25-,26-,27+,30+/m0/s1. The molecule has 0 bridgehead atoms. The van der Waals surface area contributed by atoms with Crippen LogP contribution in [0, 0.1) is 11.3 Å². The molecule has 14 nitrogen and oxygen atoms in total. The first-order valence-corrected chi connectivity index (χ1v) is 17.4. The van der Waals surface area contributed by atoms with Gasteiger partial charge in [-0.2, -0.15) is 4.31 Å². The number of hydrogen-bond acceptors (Lipinski definition) is 10. The number of carbonyl (C=O) groups is 2. The van der Waals surface area contributed by atoms with Gasteiger partial charge < -0.3 is 38.8 Å². The van der Waals surface area contributed by atoms with Crippen LogP contribution < -0.4 is 9.47 Å². The summed E-state index contributed by atoms with van der Waals surface area (Å²) in [7, 11) is -1.14. The van der Waals surface area contributed by atoms with Crippen molar-refractivity contribution in [2.45, 2.75) is 62.5 Å². The molecule has 48 heavy (non-hydrogen) atoms. The minimum Gasteiger partial charge on any atom is -0.465 e. The van der Waals surface area contributed by atoms with Gasteiger partial charge in [0.05, 0.1) is 42.9 Å². The molecule has 5 atom stereocenters. The van der Waals surface area contributed by atoms with Gasteiger partial charge in [0.15, 0.2) is 17.8 Å². The van der Waals surface area contributed by atoms with Gasteiger partial charge in [0, 0.05) is 39.2 Å². The maximum atomic E-state index is 14.4. The minimum absolute atomic E-state index is 0.0378. The van der Waals surface area contributed by atoms with E-state index in [1.54, 1.807) is 14.1 Å². The number of ether oxygens (including phenoxy) is 5. The molecule has 2 amide bonds. The van der Waals surface area contributed by atoms with Gasteiger partial charge in [0.25, 0.3) is 0 Å². The van der Waals surface area contributed by atoms with Crippen molar-refractivity contribution in [3.05, 3.63) is 54.1 Å². The monoisotopic (exact) mass is 691 g/mol. The van der Waals surface area contributed by atoms with Crippen molar-refractivity contribution < 1.29 is 51.9 Å². The number of benzene rings is 2. The molecule has 3 aliphatic heterocycles. The molecule has 0 unspecified atom stereocenters. The summed E-state index contributed by atoms with van der Waals surface area (Å²) in [6.07, 6.45) is -2.70. The molecule has 3 aliphatic rings. The fourth-order valence-corrected chi connectivity index (χ4v) is 8.06. The quantitative estimate of drug-likeness (QED) is 0.299. The summed E-state index contributed by atoms with van der Waals surface area (Å²) in [6.45, 7) is 3.72. The van der Waals surface area contributed by atoms with Crippen LogP contribution in [0.2, 0.25) is 0 Å². The van der Waals surface area contributed by atoms with Crippen LogP contribution in [0.25, 0.3) is 0 Å². The maximum Gasteiger partial charge on any atom is 0.409 e. The third-order valence-corrected chi connectivity index (χ3v) is 10.8. The smallest absolute Gasteiger partial charge is 0.409 e. The molecule has 2 N–H and O–H groups in total. The highest BCUT2D eigenvalue weighted by atomic mass is 32.2. The number of fused-ring (bicyclic) bond motifs is 2. The highest BCUT2D eigenvalue weighted by Crippen LogP contribution is 2.38. The summed E-state index contributed by atoms with van der Waals surface area (Å²) in [5, 5.41) is 22.6. The zero-order valence-corrected chi connectivity index (χ0v) is 28.5. The number of nitrogens with zero attached hydrogens (tertiary/aromatic N) is 3. The Morgan fingerprint density at radius 1 is 1.06 bits per heavy atom. The molecule has 2 aromatic rings. The molecule has 5 rings (SSSR count). The van der Waals surface area contributed by atoms with Gasteiger partial charge in [-0.05, 0) is 42.4 Å². The second kappa shape index (κ2) is 14.9. The molecule has 0 spiro atoms.